The summed E-state index contributed by atoms with van der Waals surface area (Å²) in [7, 11) is 1.51. The van der Waals surface area contributed by atoms with Crippen molar-refractivity contribution >= 4 is 0 Å². The van der Waals surface area contributed by atoms with Gasteiger partial charge in [0, 0.05) is 13.3 Å². The SMILES string of the molecule is C=CCn1cc2c(n1)[C@H](O)[C@@H](CO)O[C@@H]2OC. The Labute approximate surface area is 99.1 Å². The van der Waals surface area contributed by atoms with Gasteiger partial charge in [-0.1, -0.05) is 6.08 Å². The lowest BCUT2D eigenvalue weighted by molar-refractivity contribution is -0.208. The quantitative estimate of drug-likeness (QED) is 0.732. The zero-order valence-corrected chi connectivity index (χ0v) is 9.61. The minimum Gasteiger partial charge on any atom is -0.394 e. The molecule has 2 N–H and O–H groups in total. The number of fused-ring (bicyclic) bond motifs is 1. The first-order valence-electron chi connectivity index (χ1n) is 5.36. The molecule has 2 heterocycles. The van der Waals surface area contributed by atoms with Gasteiger partial charge in [-0.2, -0.15) is 5.10 Å². The van der Waals surface area contributed by atoms with Gasteiger partial charge in [-0.15, -0.1) is 6.58 Å². The zero-order chi connectivity index (χ0) is 12.4. The van der Waals surface area contributed by atoms with Crippen LogP contribution in [-0.4, -0.2) is 39.8 Å². The molecule has 1 aliphatic rings. The van der Waals surface area contributed by atoms with Gasteiger partial charge in [-0.05, 0) is 0 Å². The molecule has 6 heteroatoms. The molecule has 1 aliphatic heterocycles. The molecular weight excluding hydrogens is 224 g/mol. The van der Waals surface area contributed by atoms with E-state index in [1.54, 1.807) is 17.0 Å². The van der Waals surface area contributed by atoms with Crippen LogP contribution < -0.4 is 0 Å². The van der Waals surface area contributed by atoms with Crippen molar-refractivity contribution in [2.24, 2.45) is 0 Å². The van der Waals surface area contributed by atoms with Crippen molar-refractivity contribution in [3.63, 3.8) is 0 Å². The fourth-order valence-electron chi connectivity index (χ4n) is 1.90. The summed E-state index contributed by atoms with van der Waals surface area (Å²) in [5, 5.41) is 23.3. The molecule has 1 aromatic heterocycles. The predicted octanol–water partition coefficient (Wildman–Crippen LogP) is 0.139. The number of rotatable bonds is 4. The van der Waals surface area contributed by atoms with Gasteiger partial charge in [0.2, 0.25) is 0 Å². The first kappa shape index (κ1) is 12.3. The van der Waals surface area contributed by atoms with Crippen LogP contribution >= 0.6 is 0 Å². The van der Waals surface area contributed by atoms with Gasteiger partial charge in [0.05, 0.1) is 18.7 Å². The van der Waals surface area contributed by atoms with E-state index in [1.807, 2.05) is 0 Å². The van der Waals surface area contributed by atoms with Crippen LogP contribution in [0.3, 0.4) is 0 Å². The van der Waals surface area contributed by atoms with Crippen LogP contribution in [0.2, 0.25) is 0 Å². The lowest BCUT2D eigenvalue weighted by Gasteiger charge is -2.30. The summed E-state index contributed by atoms with van der Waals surface area (Å²) < 4.78 is 12.2. The maximum absolute atomic E-state index is 9.97. The predicted molar refractivity (Wildman–Crippen MR) is 59.1 cm³/mol. The van der Waals surface area contributed by atoms with Crippen molar-refractivity contribution in [1.82, 2.24) is 9.78 Å². The highest BCUT2D eigenvalue weighted by molar-refractivity contribution is 5.24. The van der Waals surface area contributed by atoms with Gasteiger partial charge in [0.15, 0.2) is 6.29 Å². The Bertz CT molecular complexity index is 404. The van der Waals surface area contributed by atoms with Gasteiger partial charge in [-0.3, -0.25) is 4.68 Å². The highest BCUT2D eigenvalue weighted by Crippen LogP contribution is 2.35. The van der Waals surface area contributed by atoms with Crippen molar-refractivity contribution < 1.29 is 19.7 Å². The Hall–Kier alpha value is -1.21. The molecule has 1 aromatic rings. The van der Waals surface area contributed by atoms with Crippen LogP contribution in [0.5, 0.6) is 0 Å². The normalized spacial score (nSPS) is 27.8. The molecule has 0 aliphatic carbocycles. The van der Waals surface area contributed by atoms with Crippen LogP contribution in [0.4, 0.5) is 0 Å². The Morgan fingerprint density at radius 3 is 3.06 bits per heavy atom. The van der Waals surface area contributed by atoms with Gasteiger partial charge >= 0.3 is 0 Å². The number of hydrogen-bond acceptors (Lipinski definition) is 5. The van der Waals surface area contributed by atoms with E-state index in [0.29, 0.717) is 17.8 Å². The van der Waals surface area contributed by atoms with Crippen molar-refractivity contribution in [2.75, 3.05) is 13.7 Å². The molecule has 6 nitrogen and oxygen atoms in total. The van der Waals surface area contributed by atoms with Gasteiger partial charge < -0.3 is 19.7 Å². The number of ether oxygens (including phenoxy) is 2. The van der Waals surface area contributed by atoms with Crippen LogP contribution in [-0.2, 0) is 16.0 Å². The third-order valence-electron chi connectivity index (χ3n) is 2.71. The molecule has 17 heavy (non-hydrogen) atoms. The molecule has 0 amide bonds. The monoisotopic (exact) mass is 240 g/mol. The van der Waals surface area contributed by atoms with Crippen LogP contribution in [0.15, 0.2) is 18.9 Å². The minimum absolute atomic E-state index is 0.283. The largest absolute Gasteiger partial charge is 0.394 e. The average Bonchev–Trinajstić information content (AvgIpc) is 2.75. The highest BCUT2D eigenvalue weighted by Gasteiger charge is 2.37. The van der Waals surface area contributed by atoms with Crippen molar-refractivity contribution in [3.8, 4) is 0 Å². The first-order chi connectivity index (χ1) is 8.21. The minimum atomic E-state index is -0.938. The Morgan fingerprint density at radius 1 is 1.71 bits per heavy atom. The molecular formula is C11H16N2O4. The van der Waals surface area contributed by atoms with Crippen LogP contribution in [0.1, 0.15) is 23.7 Å². The number of nitrogens with zero attached hydrogens (tertiary/aromatic N) is 2. The average molecular weight is 240 g/mol. The number of aliphatic hydroxyl groups excluding tert-OH is 2. The Morgan fingerprint density at radius 2 is 2.47 bits per heavy atom. The molecule has 0 saturated carbocycles. The third-order valence-corrected chi connectivity index (χ3v) is 2.71. The van der Waals surface area contributed by atoms with E-state index in [0.717, 1.165) is 0 Å². The zero-order valence-electron chi connectivity index (χ0n) is 9.61. The maximum atomic E-state index is 9.97. The molecule has 2 rings (SSSR count). The first-order valence-corrected chi connectivity index (χ1v) is 5.36. The molecule has 0 aromatic carbocycles. The summed E-state index contributed by atoms with van der Waals surface area (Å²) in [4.78, 5) is 0. The van der Waals surface area contributed by atoms with Crippen molar-refractivity contribution in [2.45, 2.75) is 25.0 Å². The third kappa shape index (κ3) is 2.12. The van der Waals surface area contributed by atoms with E-state index >= 15 is 0 Å². The van der Waals surface area contributed by atoms with E-state index in [2.05, 4.69) is 11.7 Å². The smallest absolute Gasteiger partial charge is 0.187 e. The van der Waals surface area contributed by atoms with Crippen LogP contribution in [0, 0.1) is 0 Å². The summed E-state index contributed by atoms with van der Waals surface area (Å²) >= 11 is 0. The van der Waals surface area contributed by atoms with Crippen molar-refractivity contribution in [3.05, 3.63) is 30.1 Å². The van der Waals surface area contributed by atoms with Gasteiger partial charge in [-0.25, -0.2) is 0 Å². The Balaban J connectivity index is 2.36. The second kappa shape index (κ2) is 4.97. The standard InChI is InChI=1S/C11H16N2O4/c1-3-4-13-5-7-9(12-13)10(15)8(6-14)17-11(7)16-2/h3,5,8,10-11,14-15H,1,4,6H2,2H3/t8-,10-,11+/m1/s1. The molecule has 0 unspecified atom stereocenters. The van der Waals surface area contributed by atoms with E-state index in [4.69, 9.17) is 14.6 Å². The molecule has 94 valence electrons. The number of aromatic nitrogens is 2. The topological polar surface area (TPSA) is 76.7 Å². The van der Waals surface area contributed by atoms with Crippen LogP contribution in [0.25, 0.3) is 0 Å². The highest BCUT2D eigenvalue weighted by atomic mass is 16.7. The molecule has 0 fully saturated rings. The second-order valence-electron chi connectivity index (χ2n) is 3.85. The summed E-state index contributed by atoms with van der Waals surface area (Å²) in [5.74, 6) is 0. The molecule has 0 radical (unpaired) electrons. The van der Waals surface area contributed by atoms with Gasteiger partial charge in [0.1, 0.15) is 17.9 Å². The van der Waals surface area contributed by atoms with E-state index in [9.17, 15) is 5.11 Å². The molecule has 0 saturated heterocycles. The molecule has 3 atom stereocenters. The number of allylic oxidation sites excluding steroid dienone is 1. The summed E-state index contributed by atoms with van der Waals surface area (Å²) in [6.45, 7) is 3.88. The fourth-order valence-corrected chi connectivity index (χ4v) is 1.90. The maximum Gasteiger partial charge on any atom is 0.187 e. The fraction of sp³-hybridized carbons (Fsp3) is 0.545. The Kier molecular flexibility index (Phi) is 3.58. The lowest BCUT2D eigenvalue weighted by Crippen LogP contribution is -2.33. The molecule has 0 bridgehead atoms. The summed E-state index contributed by atoms with van der Waals surface area (Å²) in [5.41, 5.74) is 1.18. The van der Waals surface area contributed by atoms with E-state index in [-0.39, 0.29) is 6.61 Å². The van der Waals surface area contributed by atoms with E-state index in [1.165, 1.54) is 7.11 Å². The lowest BCUT2D eigenvalue weighted by atomic mass is 10.0. The van der Waals surface area contributed by atoms with E-state index < -0.39 is 18.5 Å². The van der Waals surface area contributed by atoms with Crippen molar-refractivity contribution in [1.29, 1.82) is 0 Å². The number of methoxy groups -OCH3 is 1. The molecule has 0 spiro atoms. The number of aliphatic hydroxyl groups is 2. The summed E-state index contributed by atoms with van der Waals surface area (Å²) in [6.07, 6.45) is 1.20. The number of hydrogen-bond donors (Lipinski definition) is 2. The van der Waals surface area contributed by atoms with Gasteiger partial charge in [0.25, 0.3) is 0 Å². The second-order valence-corrected chi connectivity index (χ2v) is 3.85. The summed E-state index contributed by atoms with van der Waals surface area (Å²) in [6, 6.07) is 0.